The lowest BCUT2D eigenvalue weighted by molar-refractivity contribution is 0.828. The molecule has 1 heterocycles. The second kappa shape index (κ2) is 13.1. The van der Waals surface area contributed by atoms with Gasteiger partial charge in [0.25, 0.3) is 0 Å². The molecule has 1 aliphatic heterocycles. The molecule has 0 aromatic heterocycles. The lowest BCUT2D eigenvalue weighted by Crippen LogP contribution is -2.23. The molecular formula is C61H38N2. The molecule has 1 aliphatic rings. The minimum Gasteiger partial charge on any atom is -0.359 e. The van der Waals surface area contributed by atoms with Gasteiger partial charge in [-0.15, -0.1) is 0 Å². The normalized spacial score (nSPS) is 14.0. The van der Waals surface area contributed by atoms with Gasteiger partial charge in [0.2, 0.25) is 0 Å². The third kappa shape index (κ3) is 4.83. The molecule has 14 rings (SSSR count). The van der Waals surface area contributed by atoms with Crippen LogP contribution in [-0.2, 0) is 0 Å². The molecular weight excluding hydrogens is 761 g/mol. The van der Waals surface area contributed by atoms with Crippen molar-refractivity contribution in [3.63, 3.8) is 0 Å². The Morgan fingerprint density at radius 1 is 0.317 bits per heavy atom. The van der Waals surface area contributed by atoms with Gasteiger partial charge < -0.3 is 10.2 Å². The Kier molecular flexibility index (Phi) is 7.20. The van der Waals surface area contributed by atoms with E-state index in [9.17, 15) is 0 Å². The van der Waals surface area contributed by atoms with E-state index in [0.29, 0.717) is 0 Å². The Morgan fingerprint density at radius 2 is 0.857 bits per heavy atom. The third-order valence-corrected chi connectivity index (χ3v) is 13.9. The summed E-state index contributed by atoms with van der Waals surface area (Å²) in [6, 6.07) is 81.0. The predicted octanol–water partition coefficient (Wildman–Crippen LogP) is 16.9. The monoisotopic (exact) mass is 798 g/mol. The number of benzene rings is 11. The van der Waals surface area contributed by atoms with E-state index in [0.717, 1.165) is 11.4 Å². The molecule has 292 valence electrons. The van der Waals surface area contributed by atoms with Crippen molar-refractivity contribution < 1.29 is 0 Å². The largest absolute Gasteiger partial charge is 0.359 e. The molecule has 0 bridgehead atoms. The Balaban J connectivity index is 1.10. The molecule has 0 spiro atoms. The SMILES string of the molecule is c1ccc(-c2c3cc4c5ccccc5c5cccc(c3c(-c3ccccc3)c3c6ccc(-c7cccc(N8c9ccccc9NC8c8ccccc8)c7)c7cccc(c23)c76)c54)cc1. The molecule has 0 aliphatic carbocycles. The van der Waals surface area contributed by atoms with Gasteiger partial charge in [0.1, 0.15) is 6.17 Å². The summed E-state index contributed by atoms with van der Waals surface area (Å²) < 4.78 is 0. The molecule has 13 aromatic carbocycles. The number of nitrogens with one attached hydrogen (secondary N) is 1. The summed E-state index contributed by atoms with van der Waals surface area (Å²) in [5.74, 6) is 0. The summed E-state index contributed by atoms with van der Waals surface area (Å²) in [5, 5.41) is 22.2. The van der Waals surface area contributed by atoms with Gasteiger partial charge in [-0.25, -0.2) is 0 Å². The Hall–Kier alpha value is -8.20. The smallest absolute Gasteiger partial charge is 0.130 e. The first kappa shape index (κ1) is 34.5. The highest BCUT2D eigenvalue weighted by Gasteiger charge is 2.32. The average Bonchev–Trinajstić information content (AvgIpc) is 4.02. The fourth-order valence-corrected chi connectivity index (χ4v) is 11.4. The molecule has 13 aromatic rings. The van der Waals surface area contributed by atoms with Crippen molar-refractivity contribution in [3.8, 4) is 33.4 Å². The third-order valence-electron chi connectivity index (χ3n) is 13.9. The zero-order valence-electron chi connectivity index (χ0n) is 34.3. The van der Waals surface area contributed by atoms with Crippen LogP contribution in [0.4, 0.5) is 17.1 Å². The van der Waals surface area contributed by atoms with Gasteiger partial charge in [-0.1, -0.05) is 188 Å². The topological polar surface area (TPSA) is 15.3 Å². The maximum absolute atomic E-state index is 3.82. The van der Waals surface area contributed by atoms with E-state index in [1.165, 1.54) is 120 Å². The van der Waals surface area contributed by atoms with Gasteiger partial charge in [0, 0.05) is 5.69 Å². The van der Waals surface area contributed by atoms with Crippen LogP contribution in [0.1, 0.15) is 11.7 Å². The van der Waals surface area contributed by atoms with E-state index in [1.807, 2.05) is 0 Å². The Labute approximate surface area is 364 Å². The fourth-order valence-electron chi connectivity index (χ4n) is 11.4. The predicted molar refractivity (Wildman–Crippen MR) is 269 cm³/mol. The molecule has 0 saturated carbocycles. The highest BCUT2D eigenvalue weighted by Crippen LogP contribution is 2.55. The molecule has 0 fully saturated rings. The minimum absolute atomic E-state index is 0.0235. The summed E-state index contributed by atoms with van der Waals surface area (Å²) in [6.07, 6.45) is -0.0235. The van der Waals surface area contributed by atoms with E-state index in [-0.39, 0.29) is 6.17 Å². The molecule has 1 atom stereocenters. The van der Waals surface area contributed by atoms with Crippen LogP contribution in [0.5, 0.6) is 0 Å². The van der Waals surface area contributed by atoms with Gasteiger partial charge >= 0.3 is 0 Å². The summed E-state index contributed by atoms with van der Waals surface area (Å²) >= 11 is 0. The fraction of sp³-hybridized carbons (Fsp3) is 0.0164. The van der Waals surface area contributed by atoms with Crippen molar-refractivity contribution in [1.82, 2.24) is 0 Å². The minimum atomic E-state index is -0.0235. The van der Waals surface area contributed by atoms with Crippen LogP contribution in [0.2, 0.25) is 0 Å². The molecule has 0 radical (unpaired) electrons. The summed E-state index contributed by atoms with van der Waals surface area (Å²) in [5.41, 5.74) is 12.2. The molecule has 1 unspecified atom stereocenters. The summed E-state index contributed by atoms with van der Waals surface area (Å²) in [6.45, 7) is 0. The van der Waals surface area contributed by atoms with E-state index in [2.05, 4.69) is 229 Å². The van der Waals surface area contributed by atoms with E-state index in [4.69, 9.17) is 0 Å². The lowest BCUT2D eigenvalue weighted by atomic mass is 9.84. The number of nitrogens with zero attached hydrogens (tertiary/aromatic N) is 1. The maximum atomic E-state index is 3.82. The van der Waals surface area contributed by atoms with Gasteiger partial charge in [-0.2, -0.15) is 0 Å². The highest BCUT2D eigenvalue weighted by molar-refractivity contribution is 6.45. The number of anilines is 3. The number of para-hydroxylation sites is 2. The first-order valence-electron chi connectivity index (χ1n) is 22.0. The molecule has 2 heteroatoms. The van der Waals surface area contributed by atoms with Crippen LogP contribution in [0, 0.1) is 0 Å². The van der Waals surface area contributed by atoms with Crippen LogP contribution in [0.15, 0.2) is 218 Å². The summed E-state index contributed by atoms with van der Waals surface area (Å²) in [4.78, 5) is 2.45. The number of hydrogen-bond acceptors (Lipinski definition) is 2. The maximum Gasteiger partial charge on any atom is 0.130 e. The first-order valence-corrected chi connectivity index (χ1v) is 22.0. The zero-order valence-corrected chi connectivity index (χ0v) is 34.3. The lowest BCUT2D eigenvalue weighted by Gasteiger charge is -2.28. The van der Waals surface area contributed by atoms with Crippen LogP contribution in [-0.4, -0.2) is 0 Å². The highest BCUT2D eigenvalue weighted by atomic mass is 15.3. The van der Waals surface area contributed by atoms with Crippen LogP contribution in [0.25, 0.3) is 109 Å². The molecule has 63 heavy (non-hydrogen) atoms. The first-order chi connectivity index (χ1) is 31.3. The van der Waals surface area contributed by atoms with Crippen molar-refractivity contribution in [2.75, 3.05) is 10.2 Å². The quantitative estimate of drug-likeness (QED) is 0.175. The van der Waals surface area contributed by atoms with E-state index in [1.54, 1.807) is 0 Å². The Bertz CT molecular complexity index is 3930. The van der Waals surface area contributed by atoms with Gasteiger partial charge in [0.05, 0.1) is 11.4 Å². The molecule has 2 nitrogen and oxygen atoms in total. The van der Waals surface area contributed by atoms with Gasteiger partial charge in [0.15, 0.2) is 0 Å². The standard InChI is InChI=1S/C61H38N2/c1-4-17-37(18-5-1)54-51-36-50-44-26-11-10-25-43(44)46-28-16-29-47(57(46)50)58(51)55(38-19-6-2-7-20-38)60-49-34-33-42(45-27-15-30-48(56(45)49)59(54)60)40-23-14-24-41(35-40)63-53-32-13-12-31-52(53)62-61(63)39-21-8-3-9-22-39/h1-36,61-62H. The molecule has 1 N–H and O–H groups in total. The average molecular weight is 799 g/mol. The Morgan fingerprint density at radius 3 is 1.63 bits per heavy atom. The number of rotatable bonds is 5. The second-order valence-corrected chi connectivity index (χ2v) is 17.1. The van der Waals surface area contributed by atoms with Crippen molar-refractivity contribution in [2.45, 2.75) is 6.17 Å². The van der Waals surface area contributed by atoms with Gasteiger partial charge in [-0.05, 0) is 145 Å². The van der Waals surface area contributed by atoms with Crippen molar-refractivity contribution in [3.05, 3.63) is 224 Å². The second-order valence-electron chi connectivity index (χ2n) is 17.1. The van der Waals surface area contributed by atoms with E-state index >= 15 is 0 Å². The van der Waals surface area contributed by atoms with Gasteiger partial charge in [-0.3, -0.25) is 0 Å². The van der Waals surface area contributed by atoms with Crippen LogP contribution >= 0.6 is 0 Å². The van der Waals surface area contributed by atoms with Crippen molar-refractivity contribution >= 4 is 92.5 Å². The van der Waals surface area contributed by atoms with Crippen LogP contribution < -0.4 is 10.2 Å². The molecule has 0 saturated heterocycles. The number of fused-ring (bicyclic) bond motifs is 9. The number of hydrogen-bond donors (Lipinski definition) is 1. The molecule has 0 amide bonds. The van der Waals surface area contributed by atoms with Crippen LogP contribution in [0.3, 0.4) is 0 Å². The van der Waals surface area contributed by atoms with E-state index < -0.39 is 0 Å². The zero-order chi connectivity index (χ0) is 41.2. The van der Waals surface area contributed by atoms with Crippen molar-refractivity contribution in [1.29, 1.82) is 0 Å². The summed E-state index contributed by atoms with van der Waals surface area (Å²) in [7, 11) is 0. The van der Waals surface area contributed by atoms with Crippen molar-refractivity contribution in [2.24, 2.45) is 0 Å².